The molecule has 0 aliphatic heterocycles. The van der Waals surface area contributed by atoms with Crippen molar-refractivity contribution in [1.82, 2.24) is 10.6 Å². The van der Waals surface area contributed by atoms with Crippen LogP contribution in [0.5, 0.6) is 0 Å². The molecule has 5 aromatic rings. The van der Waals surface area contributed by atoms with Crippen molar-refractivity contribution in [2.24, 2.45) is 0 Å². The molecule has 0 aliphatic rings. The molecule has 0 bridgehead atoms. The quantitative estimate of drug-likeness (QED) is 0.0232. The smallest absolute Gasteiger partial charge is 0.423 e. The molecule has 300 valence electrons. The number of nitrogens with zero attached hydrogens (tertiary/aromatic N) is 2. The lowest BCUT2D eigenvalue weighted by Crippen LogP contribution is -2.40. The standard InChI is InChI=1S/C21H22BN3O3.C13H13BNO3.C8H14N2O2/c1-15-11-18(23-2)13-19(12-15)24-21(26)16-7-9-25(10-8-16)14-17-5-3-4-6-20(17)22(27)28;16-10-11-5-7-15(8-6-11)9-12-3-1-2-4-13(12)14(17)18;1-7(2)8(12)10-5-3-4-9-6-11/h3-13,23,27-28H,14H2,1-2H3;1-8,10,17-18H,9H2;6H,1,3-5H2,2H3,(H,9,11)(H,10,12)/q;+1;/p+1. The monoisotopic (exact) mass is 788 g/mol. The Balaban J connectivity index is 0.000000257. The number of benzene rings is 3. The summed E-state index contributed by atoms with van der Waals surface area (Å²) in [5, 5.41) is 48.6. The number of hydrogen-bond acceptors (Lipinski definition) is 9. The first-order chi connectivity index (χ1) is 27.8. The Morgan fingerprint density at radius 2 is 1.26 bits per heavy atom. The molecule has 0 atom stereocenters. The average molecular weight is 789 g/mol. The van der Waals surface area contributed by atoms with Gasteiger partial charge in [0.1, 0.15) is 0 Å². The number of aromatic nitrogens is 2. The minimum absolute atomic E-state index is 0.138. The molecule has 0 fully saturated rings. The second-order valence-electron chi connectivity index (χ2n) is 13.1. The molecule has 16 heteroatoms. The number of hydrogen-bond donors (Lipinski definition) is 8. The van der Waals surface area contributed by atoms with Crippen LogP contribution in [0.4, 0.5) is 11.4 Å². The summed E-state index contributed by atoms with van der Waals surface area (Å²) in [5.41, 5.74) is 6.97. The zero-order valence-electron chi connectivity index (χ0n) is 32.8. The number of amides is 3. The van der Waals surface area contributed by atoms with E-state index in [2.05, 4.69) is 27.8 Å². The molecular formula is C42H50B2N6O8+2. The summed E-state index contributed by atoms with van der Waals surface area (Å²) in [6.07, 6.45) is 9.32. The van der Waals surface area contributed by atoms with Gasteiger partial charge >= 0.3 is 14.2 Å². The molecule has 3 aromatic carbocycles. The minimum Gasteiger partial charge on any atom is -0.423 e. The zero-order chi connectivity index (χ0) is 42.5. The van der Waals surface area contributed by atoms with Crippen LogP contribution in [-0.2, 0) is 22.7 Å². The van der Waals surface area contributed by atoms with Gasteiger partial charge in [0.05, 0.1) is 5.56 Å². The summed E-state index contributed by atoms with van der Waals surface area (Å²) in [6, 6.07) is 27.0. The predicted octanol–water partition coefficient (Wildman–Crippen LogP) is 0.634. The van der Waals surface area contributed by atoms with E-state index in [4.69, 9.17) is 0 Å². The van der Waals surface area contributed by atoms with E-state index < -0.39 is 14.2 Å². The Morgan fingerprint density at radius 3 is 1.74 bits per heavy atom. The van der Waals surface area contributed by atoms with E-state index in [1.807, 2.05) is 65.6 Å². The van der Waals surface area contributed by atoms with Crippen molar-refractivity contribution in [3.8, 4) is 0 Å². The normalized spacial score (nSPS) is 9.98. The lowest BCUT2D eigenvalue weighted by Gasteiger charge is -2.09. The molecule has 14 nitrogen and oxygen atoms in total. The lowest BCUT2D eigenvalue weighted by atomic mass is 9.77. The van der Waals surface area contributed by atoms with Gasteiger partial charge in [-0.15, -0.1) is 0 Å². The predicted molar refractivity (Wildman–Crippen MR) is 225 cm³/mol. The maximum absolute atomic E-state index is 12.5. The Morgan fingerprint density at radius 1 is 0.741 bits per heavy atom. The number of anilines is 2. The van der Waals surface area contributed by atoms with Crippen LogP contribution in [0.2, 0.25) is 0 Å². The highest BCUT2D eigenvalue weighted by atomic mass is 16.4. The Labute approximate surface area is 339 Å². The summed E-state index contributed by atoms with van der Waals surface area (Å²) < 4.78 is 3.75. The first-order valence-corrected chi connectivity index (χ1v) is 18.4. The van der Waals surface area contributed by atoms with Gasteiger partial charge in [-0.1, -0.05) is 55.1 Å². The number of aryl methyl sites for hydroxylation is 1. The van der Waals surface area contributed by atoms with Crippen molar-refractivity contribution in [2.75, 3.05) is 30.8 Å². The van der Waals surface area contributed by atoms with Crippen molar-refractivity contribution < 1.29 is 48.4 Å². The second-order valence-corrected chi connectivity index (χ2v) is 13.1. The largest absolute Gasteiger partial charge is 0.488 e. The Kier molecular flexibility index (Phi) is 19.2. The van der Waals surface area contributed by atoms with Gasteiger partial charge in [-0.05, 0) is 55.0 Å². The summed E-state index contributed by atoms with van der Waals surface area (Å²) in [5.74, 6) is -0.327. The fourth-order valence-corrected chi connectivity index (χ4v) is 5.43. The number of carbonyl (C=O) groups is 4. The summed E-state index contributed by atoms with van der Waals surface area (Å²) in [4.78, 5) is 43.7. The Bertz CT molecular complexity index is 2120. The highest BCUT2D eigenvalue weighted by molar-refractivity contribution is 6.59. The highest BCUT2D eigenvalue weighted by Gasteiger charge is 2.19. The number of aldehydes is 1. The van der Waals surface area contributed by atoms with Crippen LogP contribution in [0.1, 0.15) is 50.8 Å². The van der Waals surface area contributed by atoms with E-state index in [-0.39, 0.29) is 11.8 Å². The molecule has 0 saturated carbocycles. The lowest BCUT2D eigenvalue weighted by molar-refractivity contribution is -0.688. The molecular weight excluding hydrogens is 738 g/mol. The highest BCUT2D eigenvalue weighted by Crippen LogP contribution is 2.19. The number of nitrogens with one attached hydrogen (secondary N) is 4. The van der Waals surface area contributed by atoms with Crippen LogP contribution in [0.15, 0.2) is 128 Å². The van der Waals surface area contributed by atoms with Gasteiger partial charge in [0.15, 0.2) is 44.2 Å². The van der Waals surface area contributed by atoms with Crippen LogP contribution < -0.4 is 41.3 Å². The second kappa shape index (κ2) is 24.2. The third kappa shape index (κ3) is 15.6. The molecule has 58 heavy (non-hydrogen) atoms. The van der Waals surface area contributed by atoms with E-state index in [1.54, 1.807) is 80.2 Å². The first kappa shape index (κ1) is 45.9. The summed E-state index contributed by atoms with van der Waals surface area (Å²) >= 11 is 0. The summed E-state index contributed by atoms with van der Waals surface area (Å²) in [6.45, 7) is 9.25. The fraction of sp³-hybridized carbons (Fsp3) is 0.190. The molecule has 8 N–H and O–H groups in total. The zero-order valence-corrected chi connectivity index (χ0v) is 32.8. The molecule has 2 heterocycles. The SMILES string of the molecule is C=C(C)C(=O)NCCCNC=O.CNc1cc(C)cc(NC(=O)c2cc[n+](Cc3ccccc3B(O)O)cc2)c1.O=Cc1cc[n+](Cc2ccccc2B(O)O)cc1. The van der Waals surface area contributed by atoms with Crippen molar-refractivity contribution in [3.05, 3.63) is 156 Å². The van der Waals surface area contributed by atoms with Crippen molar-refractivity contribution in [1.29, 1.82) is 0 Å². The fourth-order valence-electron chi connectivity index (χ4n) is 5.43. The van der Waals surface area contributed by atoms with Crippen LogP contribution in [-0.4, -0.2) is 79.0 Å². The maximum atomic E-state index is 12.5. The molecule has 0 aliphatic carbocycles. The number of rotatable bonds is 16. The van der Waals surface area contributed by atoms with Gasteiger partial charge in [-0.25, -0.2) is 9.13 Å². The molecule has 5 rings (SSSR count). The van der Waals surface area contributed by atoms with E-state index in [1.165, 1.54) is 0 Å². The van der Waals surface area contributed by atoms with Crippen molar-refractivity contribution >= 4 is 61.0 Å². The molecule has 0 radical (unpaired) electrons. The Hall–Kier alpha value is -6.45. The van der Waals surface area contributed by atoms with Gasteiger partial charge in [0, 0.05) is 78.0 Å². The average Bonchev–Trinajstić information content (AvgIpc) is 3.21. The van der Waals surface area contributed by atoms with Crippen molar-refractivity contribution in [3.63, 3.8) is 0 Å². The third-order valence-electron chi connectivity index (χ3n) is 8.46. The van der Waals surface area contributed by atoms with Crippen molar-refractivity contribution in [2.45, 2.75) is 33.4 Å². The minimum atomic E-state index is -1.52. The van der Waals surface area contributed by atoms with Crippen LogP contribution >= 0.6 is 0 Å². The molecule has 0 unspecified atom stereocenters. The van der Waals surface area contributed by atoms with Crippen LogP contribution in [0.3, 0.4) is 0 Å². The van der Waals surface area contributed by atoms with E-state index in [0.29, 0.717) is 60.2 Å². The molecule has 3 amide bonds. The van der Waals surface area contributed by atoms with Crippen LogP contribution in [0, 0.1) is 6.92 Å². The number of carbonyl (C=O) groups excluding carboxylic acids is 4. The van der Waals surface area contributed by atoms with Gasteiger partial charge < -0.3 is 41.4 Å². The van der Waals surface area contributed by atoms with Gasteiger partial charge in [0.2, 0.25) is 12.3 Å². The summed E-state index contributed by atoms with van der Waals surface area (Å²) in [7, 11) is -1.15. The molecule has 0 spiro atoms. The van der Waals surface area contributed by atoms with E-state index in [9.17, 15) is 39.3 Å². The van der Waals surface area contributed by atoms with Gasteiger partial charge in [-0.3, -0.25) is 19.2 Å². The maximum Gasteiger partial charge on any atom is 0.488 e. The molecule has 0 saturated heterocycles. The molecule has 2 aromatic heterocycles. The van der Waals surface area contributed by atoms with Crippen LogP contribution in [0.25, 0.3) is 0 Å². The first-order valence-electron chi connectivity index (χ1n) is 18.4. The van der Waals surface area contributed by atoms with Gasteiger partial charge in [0.25, 0.3) is 5.91 Å². The third-order valence-corrected chi connectivity index (χ3v) is 8.46. The van der Waals surface area contributed by atoms with E-state index in [0.717, 1.165) is 40.8 Å². The number of pyridine rings is 2. The van der Waals surface area contributed by atoms with E-state index >= 15 is 0 Å². The topological polar surface area (TPSA) is 205 Å². The van der Waals surface area contributed by atoms with Gasteiger partial charge in [-0.2, -0.15) is 0 Å².